The topological polar surface area (TPSA) is 67.6 Å². The molecule has 1 N–H and O–H groups in total. The number of benzene rings is 1. The smallest absolute Gasteiger partial charge is 0.234 e. The molecule has 0 bridgehead atoms. The van der Waals surface area contributed by atoms with Crippen LogP contribution in [0.4, 0.5) is 11.5 Å². The van der Waals surface area contributed by atoms with E-state index in [-0.39, 0.29) is 12.2 Å². The van der Waals surface area contributed by atoms with Crippen LogP contribution in [0.1, 0.15) is 19.5 Å². The summed E-state index contributed by atoms with van der Waals surface area (Å²) in [5, 5.41) is 3.50. The van der Waals surface area contributed by atoms with Gasteiger partial charge < -0.3 is 15.0 Å². The van der Waals surface area contributed by atoms with Gasteiger partial charge in [0.2, 0.25) is 5.78 Å². The van der Waals surface area contributed by atoms with Crippen LogP contribution in [0.25, 0.3) is 17.0 Å². The molecule has 1 aliphatic heterocycles. The highest BCUT2D eigenvalue weighted by Gasteiger charge is 2.23. The van der Waals surface area contributed by atoms with Gasteiger partial charge in [-0.1, -0.05) is 30.3 Å². The van der Waals surface area contributed by atoms with Gasteiger partial charge in [-0.2, -0.15) is 0 Å². The van der Waals surface area contributed by atoms with E-state index in [0.29, 0.717) is 12.3 Å². The van der Waals surface area contributed by atoms with Crippen LogP contribution in [0.3, 0.4) is 0 Å². The Bertz CT molecular complexity index is 1150. The maximum absolute atomic E-state index is 5.83. The third-order valence-electron chi connectivity index (χ3n) is 5.50. The van der Waals surface area contributed by atoms with E-state index in [1.165, 1.54) is 0 Å². The zero-order valence-electron chi connectivity index (χ0n) is 17.8. The van der Waals surface area contributed by atoms with Crippen molar-refractivity contribution in [3.8, 4) is 11.3 Å². The monoisotopic (exact) mass is 414 g/mol. The van der Waals surface area contributed by atoms with E-state index in [1.54, 1.807) is 6.20 Å². The van der Waals surface area contributed by atoms with Crippen LogP contribution in [-0.2, 0) is 11.3 Å². The first-order chi connectivity index (χ1) is 15.2. The third kappa shape index (κ3) is 4.09. The van der Waals surface area contributed by atoms with Crippen molar-refractivity contribution < 1.29 is 4.74 Å². The molecule has 2 atom stereocenters. The second-order valence-electron chi connectivity index (χ2n) is 7.98. The van der Waals surface area contributed by atoms with Crippen molar-refractivity contribution in [2.45, 2.75) is 32.6 Å². The van der Waals surface area contributed by atoms with Gasteiger partial charge in [0.25, 0.3) is 0 Å². The summed E-state index contributed by atoms with van der Waals surface area (Å²) in [6, 6.07) is 16.3. The van der Waals surface area contributed by atoms with Crippen molar-refractivity contribution in [1.29, 1.82) is 0 Å². The Morgan fingerprint density at radius 2 is 1.81 bits per heavy atom. The van der Waals surface area contributed by atoms with Gasteiger partial charge in [0, 0.05) is 31.0 Å². The minimum atomic E-state index is 0.212. The van der Waals surface area contributed by atoms with Gasteiger partial charge in [-0.3, -0.25) is 4.40 Å². The number of aromatic nitrogens is 4. The number of nitrogens with zero attached hydrogens (tertiary/aromatic N) is 5. The molecule has 0 spiro atoms. The van der Waals surface area contributed by atoms with Gasteiger partial charge in [0.05, 0.1) is 42.0 Å². The standard InChI is InChI=1S/C24H26N6O/c1-17-15-29(16-18(2)31-17)22-10-9-20(13-27-22)26-14-21-23(19-7-4-3-5-8-19)28-24-25-11-6-12-30(21)24/h3-13,17-18,26H,14-16H2,1-2H3. The number of ether oxygens (including phenoxy) is 1. The molecule has 4 aromatic rings. The number of anilines is 2. The molecule has 5 rings (SSSR count). The maximum atomic E-state index is 5.83. The normalized spacial score (nSPS) is 19.0. The summed E-state index contributed by atoms with van der Waals surface area (Å²) < 4.78 is 7.86. The fourth-order valence-corrected chi connectivity index (χ4v) is 4.16. The first kappa shape index (κ1) is 19.5. The van der Waals surface area contributed by atoms with Gasteiger partial charge in [0.1, 0.15) is 5.82 Å². The number of morpholine rings is 1. The van der Waals surface area contributed by atoms with Crippen molar-refractivity contribution in [2.75, 3.05) is 23.3 Å². The molecule has 0 aliphatic carbocycles. The number of rotatable bonds is 5. The van der Waals surface area contributed by atoms with Crippen LogP contribution in [0.15, 0.2) is 67.1 Å². The number of fused-ring (bicyclic) bond motifs is 1. The first-order valence-corrected chi connectivity index (χ1v) is 10.6. The maximum Gasteiger partial charge on any atom is 0.234 e. The molecule has 3 aromatic heterocycles. The molecule has 31 heavy (non-hydrogen) atoms. The molecule has 1 aromatic carbocycles. The molecule has 0 saturated carbocycles. The summed E-state index contributed by atoms with van der Waals surface area (Å²) >= 11 is 0. The van der Waals surface area contributed by atoms with Crippen LogP contribution in [0, 0.1) is 0 Å². The van der Waals surface area contributed by atoms with E-state index in [1.807, 2.05) is 41.1 Å². The van der Waals surface area contributed by atoms with Gasteiger partial charge >= 0.3 is 0 Å². The number of hydrogen-bond acceptors (Lipinski definition) is 6. The summed E-state index contributed by atoms with van der Waals surface area (Å²) in [7, 11) is 0. The largest absolute Gasteiger partial charge is 0.378 e. The van der Waals surface area contributed by atoms with Crippen molar-refractivity contribution in [1.82, 2.24) is 19.4 Å². The molecule has 0 radical (unpaired) electrons. The van der Waals surface area contributed by atoms with Crippen LogP contribution >= 0.6 is 0 Å². The van der Waals surface area contributed by atoms with E-state index in [0.717, 1.165) is 41.5 Å². The Morgan fingerprint density at radius 1 is 1.00 bits per heavy atom. The molecule has 4 heterocycles. The molecule has 0 amide bonds. The van der Waals surface area contributed by atoms with Crippen molar-refractivity contribution >= 4 is 17.3 Å². The summed E-state index contributed by atoms with van der Waals surface area (Å²) in [6.45, 7) is 6.55. The van der Waals surface area contributed by atoms with Crippen molar-refractivity contribution in [3.05, 3.63) is 72.8 Å². The molecule has 7 nitrogen and oxygen atoms in total. The number of pyridine rings is 1. The minimum Gasteiger partial charge on any atom is -0.378 e. The van der Waals surface area contributed by atoms with Crippen LogP contribution in [-0.4, -0.2) is 44.7 Å². The highest BCUT2D eigenvalue weighted by molar-refractivity contribution is 5.66. The lowest BCUT2D eigenvalue weighted by Crippen LogP contribution is -2.45. The predicted octanol–water partition coefficient (Wildman–Crippen LogP) is 4.02. The Hall–Kier alpha value is -3.45. The molecule has 1 fully saturated rings. The average Bonchev–Trinajstić information content (AvgIpc) is 3.17. The van der Waals surface area contributed by atoms with Crippen LogP contribution in [0.2, 0.25) is 0 Å². The lowest BCUT2D eigenvalue weighted by atomic mass is 10.1. The van der Waals surface area contributed by atoms with Crippen molar-refractivity contribution in [3.63, 3.8) is 0 Å². The average molecular weight is 415 g/mol. The fraction of sp³-hybridized carbons (Fsp3) is 0.292. The fourth-order valence-electron chi connectivity index (χ4n) is 4.16. The molecular weight excluding hydrogens is 388 g/mol. The Balaban J connectivity index is 1.36. The molecule has 1 saturated heterocycles. The van der Waals surface area contributed by atoms with E-state index in [2.05, 4.69) is 58.3 Å². The number of nitrogens with one attached hydrogen (secondary N) is 1. The van der Waals surface area contributed by atoms with E-state index < -0.39 is 0 Å². The number of hydrogen-bond donors (Lipinski definition) is 1. The Labute approximate surface area is 181 Å². The summed E-state index contributed by atoms with van der Waals surface area (Å²) in [5.74, 6) is 1.68. The van der Waals surface area contributed by atoms with E-state index in [9.17, 15) is 0 Å². The Kier molecular flexibility index (Phi) is 5.26. The SMILES string of the molecule is CC1CN(c2ccc(NCc3c(-c4ccccc4)nc4ncccn34)cn2)CC(C)O1. The minimum absolute atomic E-state index is 0.212. The molecule has 2 unspecified atom stereocenters. The van der Waals surface area contributed by atoms with Crippen molar-refractivity contribution in [2.24, 2.45) is 0 Å². The molecule has 1 aliphatic rings. The van der Waals surface area contributed by atoms with Gasteiger partial charge in [-0.25, -0.2) is 15.0 Å². The molecule has 7 heteroatoms. The summed E-state index contributed by atoms with van der Waals surface area (Å²) in [5.41, 5.74) is 4.05. The highest BCUT2D eigenvalue weighted by atomic mass is 16.5. The number of imidazole rings is 1. The second-order valence-corrected chi connectivity index (χ2v) is 7.98. The van der Waals surface area contributed by atoms with Crippen LogP contribution in [0.5, 0.6) is 0 Å². The van der Waals surface area contributed by atoms with Gasteiger partial charge in [-0.15, -0.1) is 0 Å². The molecular formula is C24H26N6O. The van der Waals surface area contributed by atoms with Gasteiger partial charge in [-0.05, 0) is 32.0 Å². The lowest BCUT2D eigenvalue weighted by molar-refractivity contribution is -0.00545. The lowest BCUT2D eigenvalue weighted by Gasteiger charge is -2.36. The Morgan fingerprint density at radius 3 is 2.55 bits per heavy atom. The molecule has 158 valence electrons. The van der Waals surface area contributed by atoms with Crippen LogP contribution < -0.4 is 10.2 Å². The highest BCUT2D eigenvalue weighted by Crippen LogP contribution is 2.25. The van der Waals surface area contributed by atoms with E-state index >= 15 is 0 Å². The second kappa shape index (κ2) is 8.35. The van der Waals surface area contributed by atoms with E-state index in [4.69, 9.17) is 9.72 Å². The zero-order chi connectivity index (χ0) is 21.2. The first-order valence-electron chi connectivity index (χ1n) is 10.6. The zero-order valence-corrected chi connectivity index (χ0v) is 17.8. The van der Waals surface area contributed by atoms with Gasteiger partial charge in [0.15, 0.2) is 0 Å². The predicted molar refractivity (Wildman–Crippen MR) is 122 cm³/mol. The third-order valence-corrected chi connectivity index (χ3v) is 5.50. The summed E-state index contributed by atoms with van der Waals surface area (Å²) in [6.07, 6.45) is 6.08. The quantitative estimate of drug-likeness (QED) is 0.532. The summed E-state index contributed by atoms with van der Waals surface area (Å²) in [4.78, 5) is 16.1.